The first-order valence-electron chi connectivity index (χ1n) is 4.09. The van der Waals surface area contributed by atoms with Crippen LogP contribution < -0.4 is 0 Å². The summed E-state index contributed by atoms with van der Waals surface area (Å²) in [6.07, 6.45) is 14.5. The van der Waals surface area contributed by atoms with Crippen molar-refractivity contribution >= 4 is 0 Å². The molecule has 0 amide bonds. The van der Waals surface area contributed by atoms with Crippen molar-refractivity contribution in [1.29, 1.82) is 0 Å². The Bertz CT molecular complexity index is 274. The van der Waals surface area contributed by atoms with Crippen molar-refractivity contribution in [1.82, 2.24) is 0 Å². The van der Waals surface area contributed by atoms with Crippen LogP contribution in [-0.4, -0.2) is 0 Å². The first-order valence-corrected chi connectivity index (χ1v) is 4.09. The molecule has 1 unspecified atom stereocenters. The molecule has 0 saturated carbocycles. The lowest BCUT2D eigenvalue weighted by Crippen LogP contribution is -2.04. The van der Waals surface area contributed by atoms with Gasteiger partial charge in [-0.15, -0.1) is 0 Å². The lowest BCUT2D eigenvalue weighted by atomic mass is 9.86. The lowest BCUT2D eigenvalue weighted by Gasteiger charge is -2.19. The largest absolute Gasteiger partial charge is 0.0836 e. The molecule has 0 nitrogen and oxygen atoms in total. The molecule has 0 fully saturated rings. The molecule has 0 N–H and O–H groups in total. The first-order chi connectivity index (χ1) is 5.36. The van der Waals surface area contributed by atoms with Crippen molar-refractivity contribution in [3.8, 4) is 0 Å². The minimum atomic E-state index is 0.657. The fourth-order valence-electron chi connectivity index (χ4n) is 1.61. The number of hydrogen-bond acceptors (Lipinski definition) is 0. The van der Waals surface area contributed by atoms with E-state index in [4.69, 9.17) is 0 Å². The van der Waals surface area contributed by atoms with Crippen LogP contribution in [0, 0.1) is 5.92 Å². The highest BCUT2D eigenvalue weighted by molar-refractivity contribution is 5.41. The maximum atomic E-state index is 2.34. The molecule has 2 aliphatic rings. The van der Waals surface area contributed by atoms with E-state index in [2.05, 4.69) is 43.4 Å². The SMILES string of the molecule is CC1=CC2CC=CC=C2C=C1. The average Bonchev–Trinajstić information content (AvgIpc) is 2.04. The second-order valence-electron chi connectivity index (χ2n) is 3.18. The second kappa shape index (κ2) is 2.54. The van der Waals surface area contributed by atoms with Gasteiger partial charge in [0.15, 0.2) is 0 Å². The minimum Gasteiger partial charge on any atom is -0.0836 e. The molecule has 0 aromatic rings. The van der Waals surface area contributed by atoms with Crippen LogP contribution in [0.2, 0.25) is 0 Å². The normalized spacial score (nSPS) is 27.5. The van der Waals surface area contributed by atoms with Gasteiger partial charge in [-0.25, -0.2) is 0 Å². The highest BCUT2D eigenvalue weighted by Gasteiger charge is 2.12. The van der Waals surface area contributed by atoms with E-state index in [1.54, 1.807) is 0 Å². The van der Waals surface area contributed by atoms with E-state index in [9.17, 15) is 0 Å². The summed E-state index contributed by atoms with van der Waals surface area (Å²) in [7, 11) is 0. The first kappa shape index (κ1) is 6.66. The zero-order chi connectivity index (χ0) is 7.68. The van der Waals surface area contributed by atoms with Crippen LogP contribution in [0.25, 0.3) is 0 Å². The average molecular weight is 144 g/mol. The Morgan fingerprint density at radius 2 is 2.27 bits per heavy atom. The molecule has 2 rings (SSSR count). The summed E-state index contributed by atoms with van der Waals surface area (Å²) >= 11 is 0. The number of fused-ring (bicyclic) bond motifs is 1. The van der Waals surface area contributed by atoms with E-state index >= 15 is 0 Å². The standard InChI is InChI=1S/C11H12/c1-9-6-7-10-4-2-3-5-11(10)8-9/h2-4,6-8,11H,5H2,1H3. The van der Waals surface area contributed by atoms with Gasteiger partial charge in [0.05, 0.1) is 0 Å². The molecule has 0 radical (unpaired) electrons. The number of rotatable bonds is 0. The van der Waals surface area contributed by atoms with Crippen LogP contribution in [0.15, 0.2) is 47.6 Å². The monoisotopic (exact) mass is 144 g/mol. The predicted molar refractivity (Wildman–Crippen MR) is 48.2 cm³/mol. The third kappa shape index (κ3) is 1.21. The predicted octanol–water partition coefficient (Wildman–Crippen LogP) is 3.01. The summed E-state index contributed by atoms with van der Waals surface area (Å²) in [6, 6.07) is 0. The molecule has 0 aliphatic heterocycles. The van der Waals surface area contributed by atoms with E-state index in [-0.39, 0.29) is 0 Å². The number of hydrogen-bond donors (Lipinski definition) is 0. The van der Waals surface area contributed by atoms with Gasteiger partial charge in [-0.3, -0.25) is 0 Å². The van der Waals surface area contributed by atoms with Gasteiger partial charge in [0.2, 0.25) is 0 Å². The van der Waals surface area contributed by atoms with Crippen LogP contribution in [0.3, 0.4) is 0 Å². The third-order valence-corrected chi connectivity index (χ3v) is 2.25. The summed E-state index contributed by atoms with van der Waals surface area (Å²) in [5.74, 6) is 0.657. The smallest absolute Gasteiger partial charge is 0.00583 e. The van der Waals surface area contributed by atoms with E-state index in [0.29, 0.717) is 5.92 Å². The highest BCUT2D eigenvalue weighted by atomic mass is 14.2. The second-order valence-corrected chi connectivity index (χ2v) is 3.18. The summed E-state index contributed by atoms with van der Waals surface area (Å²) in [5.41, 5.74) is 2.85. The topological polar surface area (TPSA) is 0 Å². The quantitative estimate of drug-likeness (QED) is 0.490. The Hall–Kier alpha value is -1.04. The van der Waals surface area contributed by atoms with E-state index in [1.807, 2.05) is 0 Å². The molecule has 0 saturated heterocycles. The Morgan fingerprint density at radius 1 is 1.36 bits per heavy atom. The maximum Gasteiger partial charge on any atom is 0.00583 e. The Morgan fingerprint density at radius 3 is 3.18 bits per heavy atom. The maximum absolute atomic E-state index is 2.34. The molecular weight excluding hydrogens is 132 g/mol. The third-order valence-electron chi connectivity index (χ3n) is 2.25. The van der Waals surface area contributed by atoms with Crippen molar-refractivity contribution in [2.24, 2.45) is 5.92 Å². The van der Waals surface area contributed by atoms with Gasteiger partial charge >= 0.3 is 0 Å². The fraction of sp³-hybridized carbons (Fsp3) is 0.273. The fourth-order valence-corrected chi connectivity index (χ4v) is 1.61. The van der Waals surface area contributed by atoms with Crippen LogP contribution in [-0.2, 0) is 0 Å². The summed E-state index contributed by atoms with van der Waals surface area (Å²) in [6.45, 7) is 2.16. The van der Waals surface area contributed by atoms with Crippen LogP contribution in [0.4, 0.5) is 0 Å². The minimum absolute atomic E-state index is 0.657. The van der Waals surface area contributed by atoms with Gasteiger partial charge in [-0.1, -0.05) is 42.0 Å². The summed E-state index contributed by atoms with van der Waals surface area (Å²) in [4.78, 5) is 0. The molecular formula is C11H12. The summed E-state index contributed by atoms with van der Waals surface area (Å²) in [5, 5.41) is 0. The van der Waals surface area contributed by atoms with Crippen molar-refractivity contribution in [3.63, 3.8) is 0 Å². The van der Waals surface area contributed by atoms with Gasteiger partial charge < -0.3 is 0 Å². The molecule has 11 heavy (non-hydrogen) atoms. The molecule has 0 bridgehead atoms. The molecule has 0 heteroatoms. The molecule has 0 heterocycles. The van der Waals surface area contributed by atoms with Crippen LogP contribution in [0.1, 0.15) is 13.3 Å². The Labute approximate surface area is 67.6 Å². The highest BCUT2D eigenvalue weighted by Crippen LogP contribution is 2.27. The van der Waals surface area contributed by atoms with Gasteiger partial charge in [-0.05, 0) is 18.9 Å². The molecule has 0 aromatic carbocycles. The van der Waals surface area contributed by atoms with Gasteiger partial charge in [0.1, 0.15) is 0 Å². The zero-order valence-corrected chi connectivity index (χ0v) is 6.75. The van der Waals surface area contributed by atoms with E-state index in [1.165, 1.54) is 17.6 Å². The van der Waals surface area contributed by atoms with Gasteiger partial charge in [0, 0.05) is 5.92 Å². The van der Waals surface area contributed by atoms with E-state index < -0.39 is 0 Å². The van der Waals surface area contributed by atoms with Crippen LogP contribution >= 0.6 is 0 Å². The molecule has 1 atom stereocenters. The lowest BCUT2D eigenvalue weighted by molar-refractivity contribution is 0.773. The van der Waals surface area contributed by atoms with Gasteiger partial charge in [0.25, 0.3) is 0 Å². The van der Waals surface area contributed by atoms with Crippen molar-refractivity contribution in [2.75, 3.05) is 0 Å². The van der Waals surface area contributed by atoms with Gasteiger partial charge in [-0.2, -0.15) is 0 Å². The molecule has 0 aromatic heterocycles. The molecule has 0 spiro atoms. The van der Waals surface area contributed by atoms with Crippen LogP contribution in [0.5, 0.6) is 0 Å². The van der Waals surface area contributed by atoms with Crippen molar-refractivity contribution in [3.05, 3.63) is 47.6 Å². The van der Waals surface area contributed by atoms with E-state index in [0.717, 1.165) is 0 Å². The summed E-state index contributed by atoms with van der Waals surface area (Å²) < 4.78 is 0. The Balaban J connectivity index is 2.33. The zero-order valence-electron chi connectivity index (χ0n) is 6.75. The molecule has 2 aliphatic carbocycles. The Kier molecular flexibility index (Phi) is 1.54. The van der Waals surface area contributed by atoms with Crippen molar-refractivity contribution < 1.29 is 0 Å². The van der Waals surface area contributed by atoms with Crippen molar-refractivity contribution in [2.45, 2.75) is 13.3 Å². The molecule has 56 valence electrons. The number of allylic oxidation sites excluding steroid dienone is 8.